The minimum atomic E-state index is -0.239. The molecule has 2 heteroatoms. The first-order valence-corrected chi connectivity index (χ1v) is 6.29. The summed E-state index contributed by atoms with van der Waals surface area (Å²) in [6.45, 7) is 8.46. The van der Waals surface area contributed by atoms with Crippen molar-refractivity contribution in [3.63, 3.8) is 0 Å². The van der Waals surface area contributed by atoms with E-state index in [1.54, 1.807) is 11.8 Å². The molecule has 0 saturated carbocycles. The quantitative estimate of drug-likeness (QED) is 0.793. The molecule has 0 unspecified atom stereocenters. The van der Waals surface area contributed by atoms with Crippen molar-refractivity contribution < 1.29 is 5.11 Å². The van der Waals surface area contributed by atoms with E-state index in [2.05, 4.69) is 45.0 Å². The number of hydrogen-bond acceptors (Lipinski definition) is 2. The maximum absolute atomic E-state index is 9.18. The molecule has 0 radical (unpaired) electrons. The summed E-state index contributed by atoms with van der Waals surface area (Å²) in [4.78, 5) is 1.23. The number of aliphatic hydroxyl groups is 1. The van der Waals surface area contributed by atoms with Crippen LogP contribution in [0, 0.1) is 0 Å². The third-order valence-electron chi connectivity index (χ3n) is 2.21. The van der Waals surface area contributed by atoms with E-state index in [1.165, 1.54) is 10.5 Å². The van der Waals surface area contributed by atoms with Crippen molar-refractivity contribution in [1.82, 2.24) is 0 Å². The van der Waals surface area contributed by atoms with E-state index < -0.39 is 0 Å². The molecule has 84 valence electrons. The highest BCUT2D eigenvalue weighted by molar-refractivity contribution is 7.99. The summed E-state index contributed by atoms with van der Waals surface area (Å²) in [6.07, 6.45) is -0.239. The first-order chi connectivity index (χ1) is 6.89. The summed E-state index contributed by atoms with van der Waals surface area (Å²) in [6, 6.07) is 8.61. The van der Waals surface area contributed by atoms with Crippen LogP contribution in [0.2, 0.25) is 0 Å². The molecule has 0 aliphatic rings. The zero-order valence-corrected chi connectivity index (χ0v) is 10.8. The Bertz CT molecular complexity index is 295. The molecule has 0 saturated heterocycles. The van der Waals surface area contributed by atoms with Crippen LogP contribution in [-0.2, 0) is 5.41 Å². The van der Waals surface area contributed by atoms with Crippen molar-refractivity contribution in [2.45, 2.75) is 44.1 Å². The zero-order chi connectivity index (χ0) is 11.5. The van der Waals surface area contributed by atoms with Gasteiger partial charge >= 0.3 is 0 Å². The molecule has 0 aromatic heterocycles. The van der Waals surface area contributed by atoms with Crippen LogP contribution in [-0.4, -0.2) is 17.0 Å². The molecule has 0 aliphatic heterocycles. The highest BCUT2D eigenvalue weighted by atomic mass is 32.2. The van der Waals surface area contributed by atoms with Gasteiger partial charge in [-0.15, -0.1) is 11.8 Å². The lowest BCUT2D eigenvalue weighted by Gasteiger charge is -2.19. The minimum absolute atomic E-state index is 0.216. The number of aliphatic hydroxyl groups excluding tert-OH is 1. The van der Waals surface area contributed by atoms with Crippen molar-refractivity contribution >= 4 is 11.8 Å². The summed E-state index contributed by atoms with van der Waals surface area (Å²) < 4.78 is 0. The SMILES string of the molecule is C[C@@H](O)CSc1ccc(C(C)(C)C)cc1. The predicted molar refractivity (Wildman–Crippen MR) is 67.5 cm³/mol. The molecule has 0 bridgehead atoms. The van der Waals surface area contributed by atoms with Gasteiger partial charge in [-0.1, -0.05) is 32.9 Å². The molecule has 0 amide bonds. The van der Waals surface area contributed by atoms with Crippen LogP contribution in [0.4, 0.5) is 0 Å². The lowest BCUT2D eigenvalue weighted by molar-refractivity contribution is 0.220. The Hall–Kier alpha value is -0.470. The van der Waals surface area contributed by atoms with Gasteiger partial charge in [-0.2, -0.15) is 0 Å². The van der Waals surface area contributed by atoms with E-state index in [9.17, 15) is 5.11 Å². The van der Waals surface area contributed by atoms with Gasteiger partial charge in [0.2, 0.25) is 0 Å². The molecule has 15 heavy (non-hydrogen) atoms. The third kappa shape index (κ3) is 4.27. The molecule has 0 spiro atoms. The predicted octanol–water partition coefficient (Wildman–Crippen LogP) is 3.46. The van der Waals surface area contributed by atoms with Gasteiger partial charge in [0.15, 0.2) is 0 Å². The fourth-order valence-electron chi connectivity index (χ4n) is 1.27. The first-order valence-electron chi connectivity index (χ1n) is 5.31. The second-order valence-electron chi connectivity index (χ2n) is 4.93. The van der Waals surface area contributed by atoms with E-state index >= 15 is 0 Å². The van der Waals surface area contributed by atoms with E-state index in [0.29, 0.717) is 0 Å². The Morgan fingerprint density at radius 1 is 1.20 bits per heavy atom. The van der Waals surface area contributed by atoms with E-state index in [0.717, 1.165) is 5.75 Å². The van der Waals surface area contributed by atoms with Crippen LogP contribution in [0.5, 0.6) is 0 Å². The molecule has 1 rings (SSSR count). The van der Waals surface area contributed by atoms with Crippen molar-refractivity contribution in [2.24, 2.45) is 0 Å². The van der Waals surface area contributed by atoms with Crippen LogP contribution in [0.1, 0.15) is 33.3 Å². The first kappa shape index (κ1) is 12.6. The van der Waals surface area contributed by atoms with Crippen LogP contribution in [0.3, 0.4) is 0 Å². The van der Waals surface area contributed by atoms with Crippen LogP contribution in [0.25, 0.3) is 0 Å². The minimum Gasteiger partial charge on any atom is -0.393 e. The maximum atomic E-state index is 9.18. The lowest BCUT2D eigenvalue weighted by atomic mass is 9.87. The highest BCUT2D eigenvalue weighted by Crippen LogP contribution is 2.25. The monoisotopic (exact) mass is 224 g/mol. The second-order valence-corrected chi connectivity index (χ2v) is 6.03. The molecule has 1 atom stereocenters. The Morgan fingerprint density at radius 3 is 2.13 bits per heavy atom. The Balaban J connectivity index is 2.65. The van der Waals surface area contributed by atoms with Crippen molar-refractivity contribution in [1.29, 1.82) is 0 Å². The second kappa shape index (κ2) is 5.04. The van der Waals surface area contributed by atoms with E-state index in [1.807, 2.05) is 6.92 Å². The van der Waals surface area contributed by atoms with Gasteiger partial charge in [-0.3, -0.25) is 0 Å². The molecule has 0 heterocycles. The Kier molecular flexibility index (Phi) is 4.23. The number of benzene rings is 1. The van der Waals surface area contributed by atoms with Crippen molar-refractivity contribution in [2.75, 3.05) is 5.75 Å². The van der Waals surface area contributed by atoms with Crippen molar-refractivity contribution in [3.05, 3.63) is 29.8 Å². The zero-order valence-electron chi connectivity index (χ0n) is 9.95. The largest absolute Gasteiger partial charge is 0.393 e. The number of hydrogen-bond donors (Lipinski definition) is 1. The molecule has 1 N–H and O–H groups in total. The number of rotatable bonds is 3. The van der Waals surface area contributed by atoms with Gasteiger partial charge in [0.1, 0.15) is 0 Å². The third-order valence-corrected chi connectivity index (χ3v) is 3.47. The Morgan fingerprint density at radius 2 is 1.73 bits per heavy atom. The standard InChI is InChI=1S/C13H20OS/c1-10(14)9-15-12-7-5-11(6-8-12)13(2,3)4/h5-8,10,14H,9H2,1-4H3/t10-/m1/s1. The van der Waals surface area contributed by atoms with Gasteiger partial charge in [0.05, 0.1) is 6.10 Å². The van der Waals surface area contributed by atoms with Gasteiger partial charge in [0, 0.05) is 10.6 Å². The summed E-state index contributed by atoms with van der Waals surface area (Å²) in [5, 5.41) is 9.18. The average Bonchev–Trinajstić information content (AvgIpc) is 2.14. The van der Waals surface area contributed by atoms with Crippen LogP contribution in [0.15, 0.2) is 29.2 Å². The molecular weight excluding hydrogens is 204 g/mol. The normalized spacial score (nSPS) is 13.9. The summed E-state index contributed by atoms with van der Waals surface area (Å²) in [5.74, 6) is 0.759. The fourth-order valence-corrected chi connectivity index (χ4v) is 2.03. The van der Waals surface area contributed by atoms with Crippen molar-refractivity contribution in [3.8, 4) is 0 Å². The number of thioether (sulfide) groups is 1. The van der Waals surface area contributed by atoms with Gasteiger partial charge in [0.25, 0.3) is 0 Å². The summed E-state index contributed by atoms with van der Waals surface area (Å²) >= 11 is 1.70. The lowest BCUT2D eigenvalue weighted by Crippen LogP contribution is -2.10. The molecule has 0 fully saturated rings. The Labute approximate surface area is 96.9 Å². The molecule has 1 aromatic carbocycles. The van der Waals surface area contributed by atoms with E-state index in [4.69, 9.17) is 0 Å². The topological polar surface area (TPSA) is 20.2 Å². The van der Waals surface area contributed by atoms with Gasteiger partial charge in [-0.25, -0.2) is 0 Å². The molecule has 1 nitrogen and oxygen atoms in total. The summed E-state index contributed by atoms with van der Waals surface area (Å²) in [5.41, 5.74) is 1.57. The maximum Gasteiger partial charge on any atom is 0.0606 e. The fraction of sp³-hybridized carbons (Fsp3) is 0.538. The summed E-state index contributed by atoms with van der Waals surface area (Å²) in [7, 11) is 0. The average molecular weight is 224 g/mol. The smallest absolute Gasteiger partial charge is 0.0606 e. The molecular formula is C13H20OS. The highest BCUT2D eigenvalue weighted by Gasteiger charge is 2.12. The van der Waals surface area contributed by atoms with E-state index in [-0.39, 0.29) is 11.5 Å². The molecule has 0 aliphatic carbocycles. The van der Waals surface area contributed by atoms with Crippen LogP contribution >= 0.6 is 11.8 Å². The van der Waals surface area contributed by atoms with Crippen LogP contribution < -0.4 is 0 Å². The van der Waals surface area contributed by atoms with Gasteiger partial charge < -0.3 is 5.11 Å². The molecule has 1 aromatic rings. The van der Waals surface area contributed by atoms with Gasteiger partial charge in [-0.05, 0) is 30.0 Å².